The van der Waals surface area contributed by atoms with Crippen molar-refractivity contribution in [1.82, 2.24) is 15.0 Å². The van der Waals surface area contributed by atoms with E-state index in [-0.39, 0.29) is 0 Å². The molecule has 1 N–H and O–H groups in total. The third-order valence-corrected chi connectivity index (χ3v) is 3.44. The zero-order valence-corrected chi connectivity index (χ0v) is 11.6. The highest BCUT2D eigenvalue weighted by Crippen LogP contribution is 2.25. The second kappa shape index (κ2) is 5.32. The molecule has 0 spiro atoms. The van der Waals surface area contributed by atoms with E-state index in [1.807, 2.05) is 36.5 Å². The van der Waals surface area contributed by atoms with Gasteiger partial charge < -0.3 is 5.32 Å². The second-order valence-corrected chi connectivity index (χ2v) is 4.93. The molecule has 0 aliphatic rings. The van der Waals surface area contributed by atoms with Crippen LogP contribution in [0.4, 0.5) is 5.82 Å². The van der Waals surface area contributed by atoms with Gasteiger partial charge in [-0.15, -0.1) is 0 Å². The number of nitrogens with one attached hydrogen (secondary N) is 1. The van der Waals surface area contributed by atoms with Crippen LogP contribution < -0.4 is 5.32 Å². The van der Waals surface area contributed by atoms with E-state index in [1.54, 1.807) is 12.5 Å². The number of nitrogens with zero attached hydrogens (tertiary/aromatic N) is 3. The first-order chi connectivity index (χ1) is 9.34. The van der Waals surface area contributed by atoms with Crippen LogP contribution in [0.5, 0.6) is 0 Å². The Kier molecular flexibility index (Phi) is 3.37. The number of halogens is 1. The third kappa shape index (κ3) is 2.56. The smallest absolute Gasteiger partial charge is 0.137 e. The fourth-order valence-electron chi connectivity index (χ4n) is 1.88. The maximum Gasteiger partial charge on any atom is 0.137 e. The summed E-state index contributed by atoms with van der Waals surface area (Å²) in [6.07, 6.45) is 5.17. The lowest BCUT2D eigenvalue weighted by atomic mass is 10.2. The fraction of sp³-hybridized carbons (Fsp3) is 0.0714. The second-order valence-electron chi connectivity index (χ2n) is 4.07. The van der Waals surface area contributed by atoms with E-state index in [1.165, 1.54) is 0 Å². The van der Waals surface area contributed by atoms with Crippen molar-refractivity contribution in [2.45, 2.75) is 6.54 Å². The lowest BCUT2D eigenvalue weighted by Gasteiger charge is -2.08. The van der Waals surface area contributed by atoms with Crippen LogP contribution in [0, 0.1) is 0 Å². The first-order valence-electron chi connectivity index (χ1n) is 5.86. The van der Waals surface area contributed by atoms with Gasteiger partial charge in [0, 0.05) is 28.8 Å². The Morgan fingerprint density at radius 1 is 1.11 bits per heavy atom. The van der Waals surface area contributed by atoms with E-state index in [2.05, 4.69) is 36.2 Å². The number of hydrogen-bond acceptors (Lipinski definition) is 4. The highest BCUT2D eigenvalue weighted by Gasteiger charge is 2.05. The highest BCUT2D eigenvalue weighted by molar-refractivity contribution is 9.10. The normalized spacial score (nSPS) is 10.6. The van der Waals surface area contributed by atoms with Crippen LogP contribution in [0.3, 0.4) is 0 Å². The minimum Gasteiger partial charge on any atom is -0.365 e. The zero-order chi connectivity index (χ0) is 13.1. The Labute approximate surface area is 119 Å². The van der Waals surface area contributed by atoms with Gasteiger partial charge in [-0.2, -0.15) is 0 Å². The van der Waals surface area contributed by atoms with E-state index in [0.29, 0.717) is 6.54 Å². The van der Waals surface area contributed by atoms with Crippen LogP contribution in [0.15, 0.2) is 53.5 Å². The molecule has 1 aromatic carbocycles. The van der Waals surface area contributed by atoms with Crippen molar-refractivity contribution in [3.63, 3.8) is 0 Å². The van der Waals surface area contributed by atoms with E-state index in [9.17, 15) is 0 Å². The average molecular weight is 315 g/mol. The summed E-state index contributed by atoms with van der Waals surface area (Å²) in [6, 6.07) is 9.90. The maximum atomic E-state index is 4.30. The van der Waals surface area contributed by atoms with Gasteiger partial charge in [0.1, 0.15) is 12.1 Å². The van der Waals surface area contributed by atoms with Crippen molar-refractivity contribution in [1.29, 1.82) is 0 Å². The standard InChI is InChI=1S/C14H11BrN4/c15-12-5-1-4-11-13(12)18-9-19-14(11)17-8-10-3-2-6-16-7-10/h1-7,9H,8H2,(H,17,18,19). The van der Waals surface area contributed by atoms with Crippen LogP contribution in [-0.2, 0) is 6.54 Å². The summed E-state index contributed by atoms with van der Waals surface area (Å²) in [4.78, 5) is 12.7. The molecule has 0 amide bonds. The van der Waals surface area contributed by atoms with Crippen molar-refractivity contribution < 1.29 is 0 Å². The monoisotopic (exact) mass is 314 g/mol. The molecule has 3 aromatic rings. The van der Waals surface area contributed by atoms with Gasteiger partial charge in [-0.1, -0.05) is 12.1 Å². The minimum absolute atomic E-state index is 0.687. The van der Waals surface area contributed by atoms with Gasteiger partial charge in [0.05, 0.1) is 5.52 Å². The van der Waals surface area contributed by atoms with Crippen molar-refractivity contribution in [3.05, 3.63) is 59.1 Å². The molecule has 0 aliphatic carbocycles. The zero-order valence-electron chi connectivity index (χ0n) is 10.0. The van der Waals surface area contributed by atoms with Gasteiger partial charge >= 0.3 is 0 Å². The van der Waals surface area contributed by atoms with Gasteiger partial charge in [-0.05, 0) is 39.7 Å². The minimum atomic E-state index is 0.687. The molecule has 19 heavy (non-hydrogen) atoms. The molecule has 0 unspecified atom stereocenters. The summed E-state index contributed by atoms with van der Waals surface area (Å²) in [7, 11) is 0. The largest absolute Gasteiger partial charge is 0.365 e. The molecular weight excluding hydrogens is 304 g/mol. The van der Waals surface area contributed by atoms with Gasteiger partial charge in [-0.25, -0.2) is 9.97 Å². The number of aromatic nitrogens is 3. The first-order valence-corrected chi connectivity index (χ1v) is 6.66. The van der Waals surface area contributed by atoms with E-state index in [0.717, 1.165) is 26.8 Å². The van der Waals surface area contributed by atoms with E-state index >= 15 is 0 Å². The fourth-order valence-corrected chi connectivity index (χ4v) is 2.35. The summed E-state index contributed by atoms with van der Waals surface area (Å²) >= 11 is 3.50. The predicted molar refractivity (Wildman–Crippen MR) is 78.8 cm³/mol. The number of anilines is 1. The number of para-hydroxylation sites is 1. The third-order valence-electron chi connectivity index (χ3n) is 2.80. The molecule has 2 aromatic heterocycles. The number of hydrogen-bond donors (Lipinski definition) is 1. The lowest BCUT2D eigenvalue weighted by molar-refractivity contribution is 1.08. The van der Waals surface area contributed by atoms with Gasteiger partial charge in [-0.3, -0.25) is 4.98 Å². The summed E-state index contributed by atoms with van der Waals surface area (Å²) in [5.74, 6) is 0.829. The van der Waals surface area contributed by atoms with Crippen LogP contribution in [-0.4, -0.2) is 15.0 Å². The molecule has 5 heteroatoms. The number of pyridine rings is 1. The Hall–Kier alpha value is -2.01. The Morgan fingerprint density at radius 2 is 2.05 bits per heavy atom. The van der Waals surface area contributed by atoms with Crippen molar-refractivity contribution in [3.8, 4) is 0 Å². The van der Waals surface area contributed by atoms with Gasteiger partial charge in [0.15, 0.2) is 0 Å². The molecule has 0 saturated heterocycles. The average Bonchev–Trinajstić information content (AvgIpc) is 2.47. The number of rotatable bonds is 3. The first kappa shape index (κ1) is 12.0. The van der Waals surface area contributed by atoms with Crippen LogP contribution in [0.1, 0.15) is 5.56 Å². The summed E-state index contributed by atoms with van der Waals surface area (Å²) in [5, 5.41) is 4.32. The Bertz CT molecular complexity index is 700. The van der Waals surface area contributed by atoms with Crippen molar-refractivity contribution in [2.24, 2.45) is 0 Å². The molecular formula is C14H11BrN4. The molecule has 0 aliphatic heterocycles. The maximum absolute atomic E-state index is 4.30. The number of fused-ring (bicyclic) bond motifs is 1. The topological polar surface area (TPSA) is 50.7 Å². The Balaban J connectivity index is 1.91. The van der Waals surface area contributed by atoms with E-state index in [4.69, 9.17) is 0 Å². The van der Waals surface area contributed by atoms with Gasteiger partial charge in [0.25, 0.3) is 0 Å². The van der Waals surface area contributed by atoms with Crippen LogP contribution in [0.2, 0.25) is 0 Å². The molecule has 0 fully saturated rings. The predicted octanol–water partition coefficient (Wildman–Crippen LogP) is 3.40. The molecule has 2 heterocycles. The molecule has 3 rings (SSSR count). The molecule has 0 radical (unpaired) electrons. The summed E-state index contributed by atoms with van der Waals surface area (Å²) in [6.45, 7) is 0.687. The SMILES string of the molecule is Brc1cccc2c(NCc3cccnc3)ncnc12. The van der Waals surface area contributed by atoms with Crippen LogP contribution in [0.25, 0.3) is 10.9 Å². The molecule has 0 bridgehead atoms. The number of benzene rings is 1. The van der Waals surface area contributed by atoms with Gasteiger partial charge in [0.2, 0.25) is 0 Å². The van der Waals surface area contributed by atoms with E-state index < -0.39 is 0 Å². The molecule has 0 saturated carbocycles. The quantitative estimate of drug-likeness (QED) is 0.805. The van der Waals surface area contributed by atoms with Crippen molar-refractivity contribution in [2.75, 3.05) is 5.32 Å². The summed E-state index contributed by atoms with van der Waals surface area (Å²) < 4.78 is 0.969. The summed E-state index contributed by atoms with van der Waals surface area (Å²) in [5.41, 5.74) is 2.02. The van der Waals surface area contributed by atoms with Crippen LogP contribution >= 0.6 is 15.9 Å². The highest BCUT2D eigenvalue weighted by atomic mass is 79.9. The Morgan fingerprint density at radius 3 is 2.89 bits per heavy atom. The molecule has 0 atom stereocenters. The lowest BCUT2D eigenvalue weighted by Crippen LogP contribution is -2.02. The molecule has 4 nitrogen and oxygen atoms in total. The van der Waals surface area contributed by atoms with Crippen molar-refractivity contribution >= 4 is 32.7 Å². The molecule has 94 valence electrons.